The molecule has 7 heteroatoms. The van der Waals surface area contributed by atoms with Crippen LogP contribution in [0, 0.1) is 5.92 Å². The summed E-state index contributed by atoms with van der Waals surface area (Å²) in [5.41, 5.74) is 5.83. The van der Waals surface area contributed by atoms with Gasteiger partial charge in [-0.05, 0) is 19.3 Å². The highest BCUT2D eigenvalue weighted by Crippen LogP contribution is 2.20. The van der Waals surface area contributed by atoms with Crippen LogP contribution < -0.4 is 5.73 Å². The number of nitrogens with zero attached hydrogens (tertiary/aromatic N) is 1. The first-order valence-corrected chi connectivity index (χ1v) is 7.13. The molecule has 3 unspecified atom stereocenters. The minimum atomic E-state index is -3.63. The van der Waals surface area contributed by atoms with Crippen LogP contribution in [0.3, 0.4) is 0 Å². The van der Waals surface area contributed by atoms with Gasteiger partial charge in [0.2, 0.25) is 10.0 Å². The van der Waals surface area contributed by atoms with Gasteiger partial charge in [-0.3, -0.25) is 4.79 Å². The van der Waals surface area contributed by atoms with Crippen LogP contribution in [-0.2, 0) is 19.6 Å². The van der Waals surface area contributed by atoms with E-state index >= 15 is 0 Å². The lowest BCUT2D eigenvalue weighted by Gasteiger charge is -2.35. The maximum absolute atomic E-state index is 12.1. The SMILES string of the molecule is COC(=O)C(C)S(=O)(=O)N1CCC(N)C(C)C1. The summed E-state index contributed by atoms with van der Waals surface area (Å²) in [7, 11) is -2.44. The minimum absolute atomic E-state index is 0.0230. The molecule has 0 saturated carbocycles. The number of esters is 1. The Labute approximate surface area is 102 Å². The van der Waals surface area contributed by atoms with Gasteiger partial charge in [-0.25, -0.2) is 12.7 Å². The molecule has 1 saturated heterocycles. The number of carbonyl (C=O) groups is 1. The molecule has 1 fully saturated rings. The van der Waals surface area contributed by atoms with E-state index in [2.05, 4.69) is 4.74 Å². The van der Waals surface area contributed by atoms with E-state index in [1.54, 1.807) is 0 Å². The topological polar surface area (TPSA) is 89.7 Å². The molecule has 0 aromatic carbocycles. The summed E-state index contributed by atoms with van der Waals surface area (Å²) in [6, 6.07) is 0.0230. The van der Waals surface area contributed by atoms with E-state index in [-0.39, 0.29) is 12.0 Å². The molecular weight excluding hydrogens is 244 g/mol. The molecule has 2 N–H and O–H groups in total. The molecule has 1 rings (SSSR count). The second kappa shape index (κ2) is 5.32. The van der Waals surface area contributed by atoms with Gasteiger partial charge in [-0.15, -0.1) is 0 Å². The number of methoxy groups -OCH3 is 1. The van der Waals surface area contributed by atoms with Gasteiger partial charge in [0.05, 0.1) is 7.11 Å². The lowest BCUT2D eigenvalue weighted by molar-refractivity contribution is -0.139. The van der Waals surface area contributed by atoms with E-state index in [1.807, 2.05) is 6.92 Å². The Kier molecular flexibility index (Phi) is 4.51. The number of nitrogens with two attached hydrogens (primary N) is 1. The van der Waals surface area contributed by atoms with Crippen molar-refractivity contribution in [3.63, 3.8) is 0 Å². The molecule has 1 aliphatic heterocycles. The molecule has 0 aromatic rings. The van der Waals surface area contributed by atoms with Crippen molar-refractivity contribution in [1.29, 1.82) is 0 Å². The first kappa shape index (κ1) is 14.4. The van der Waals surface area contributed by atoms with E-state index < -0.39 is 21.2 Å². The number of rotatable bonds is 3. The van der Waals surface area contributed by atoms with E-state index in [9.17, 15) is 13.2 Å². The highest BCUT2D eigenvalue weighted by molar-refractivity contribution is 7.90. The van der Waals surface area contributed by atoms with Crippen molar-refractivity contribution in [2.75, 3.05) is 20.2 Å². The van der Waals surface area contributed by atoms with Crippen molar-refractivity contribution >= 4 is 16.0 Å². The van der Waals surface area contributed by atoms with Crippen LogP contribution in [0.25, 0.3) is 0 Å². The summed E-state index contributed by atoms with van der Waals surface area (Å²) in [6.45, 7) is 4.00. The molecule has 1 heterocycles. The quantitative estimate of drug-likeness (QED) is 0.697. The third-order valence-corrected chi connectivity index (χ3v) is 5.41. The summed E-state index contributed by atoms with van der Waals surface area (Å²) < 4.78 is 30.0. The molecule has 0 aromatic heterocycles. The molecule has 0 aliphatic carbocycles. The molecule has 100 valence electrons. The van der Waals surface area contributed by atoms with Gasteiger partial charge >= 0.3 is 5.97 Å². The summed E-state index contributed by atoms with van der Waals surface area (Å²) >= 11 is 0. The third kappa shape index (κ3) is 2.97. The van der Waals surface area contributed by atoms with Crippen molar-refractivity contribution in [1.82, 2.24) is 4.31 Å². The van der Waals surface area contributed by atoms with Crippen LogP contribution in [0.1, 0.15) is 20.3 Å². The van der Waals surface area contributed by atoms with Crippen LogP contribution in [0.15, 0.2) is 0 Å². The summed E-state index contributed by atoms with van der Waals surface area (Å²) in [5.74, 6) is -0.629. The molecule has 0 spiro atoms. The number of ether oxygens (including phenoxy) is 1. The smallest absolute Gasteiger partial charge is 0.325 e. The van der Waals surface area contributed by atoms with E-state index in [0.717, 1.165) is 0 Å². The Bertz CT molecular complexity index is 382. The first-order valence-electron chi connectivity index (χ1n) is 5.63. The number of hydrogen-bond donors (Lipinski definition) is 1. The van der Waals surface area contributed by atoms with Gasteiger partial charge in [0.1, 0.15) is 0 Å². The lowest BCUT2D eigenvalue weighted by Crippen LogP contribution is -2.51. The van der Waals surface area contributed by atoms with Gasteiger partial charge in [-0.2, -0.15) is 0 Å². The van der Waals surface area contributed by atoms with Crippen LogP contribution in [0.5, 0.6) is 0 Å². The first-order chi connectivity index (χ1) is 7.80. The Balaban J connectivity index is 2.81. The zero-order valence-corrected chi connectivity index (χ0v) is 11.2. The second-order valence-corrected chi connectivity index (χ2v) is 6.75. The van der Waals surface area contributed by atoms with Gasteiger partial charge in [-0.1, -0.05) is 6.92 Å². The predicted molar refractivity (Wildman–Crippen MR) is 63.7 cm³/mol. The summed E-state index contributed by atoms with van der Waals surface area (Å²) in [5, 5.41) is -1.16. The van der Waals surface area contributed by atoms with Crippen molar-refractivity contribution < 1.29 is 17.9 Å². The molecular formula is C10H20N2O4S. The average molecular weight is 264 g/mol. The molecule has 0 bridgehead atoms. The second-order valence-electron chi connectivity index (χ2n) is 4.50. The zero-order valence-electron chi connectivity index (χ0n) is 10.4. The highest BCUT2D eigenvalue weighted by atomic mass is 32.2. The predicted octanol–water partition coefficient (Wildman–Crippen LogP) is -0.453. The number of hydrogen-bond acceptors (Lipinski definition) is 5. The van der Waals surface area contributed by atoms with Crippen LogP contribution in [0.4, 0.5) is 0 Å². The molecule has 0 amide bonds. The third-order valence-electron chi connectivity index (χ3n) is 3.27. The zero-order chi connectivity index (χ0) is 13.2. The number of carbonyl (C=O) groups excluding carboxylic acids is 1. The molecule has 3 atom stereocenters. The fraction of sp³-hybridized carbons (Fsp3) is 0.900. The van der Waals surface area contributed by atoms with Crippen LogP contribution in [0.2, 0.25) is 0 Å². The maximum Gasteiger partial charge on any atom is 0.325 e. The molecule has 1 aliphatic rings. The van der Waals surface area contributed by atoms with Crippen molar-refractivity contribution in [3.8, 4) is 0 Å². The Hall–Kier alpha value is -0.660. The standard InChI is InChI=1S/C10H20N2O4S/c1-7-6-12(5-4-9(7)11)17(14,15)8(2)10(13)16-3/h7-9H,4-6,11H2,1-3H3. The maximum atomic E-state index is 12.1. The highest BCUT2D eigenvalue weighted by Gasteiger charge is 2.38. The fourth-order valence-electron chi connectivity index (χ4n) is 1.87. The molecule has 0 radical (unpaired) electrons. The largest absolute Gasteiger partial charge is 0.468 e. The summed E-state index contributed by atoms with van der Waals surface area (Å²) in [6.07, 6.45) is 0.619. The van der Waals surface area contributed by atoms with E-state index in [1.165, 1.54) is 18.3 Å². The van der Waals surface area contributed by atoms with Gasteiger partial charge in [0.15, 0.2) is 5.25 Å². The number of piperidine rings is 1. The van der Waals surface area contributed by atoms with Crippen LogP contribution >= 0.6 is 0 Å². The number of sulfonamides is 1. The average Bonchev–Trinajstić information content (AvgIpc) is 2.30. The van der Waals surface area contributed by atoms with Crippen molar-refractivity contribution in [2.45, 2.75) is 31.6 Å². The Morgan fingerprint density at radius 2 is 2.12 bits per heavy atom. The van der Waals surface area contributed by atoms with Gasteiger partial charge in [0, 0.05) is 19.1 Å². The van der Waals surface area contributed by atoms with Gasteiger partial charge < -0.3 is 10.5 Å². The normalized spacial score (nSPS) is 28.7. The fourth-order valence-corrected chi connectivity index (χ4v) is 3.46. The van der Waals surface area contributed by atoms with Gasteiger partial charge in [0.25, 0.3) is 0 Å². The minimum Gasteiger partial charge on any atom is -0.468 e. The van der Waals surface area contributed by atoms with E-state index in [4.69, 9.17) is 5.73 Å². The van der Waals surface area contributed by atoms with Crippen molar-refractivity contribution in [3.05, 3.63) is 0 Å². The monoisotopic (exact) mass is 264 g/mol. The summed E-state index contributed by atoms with van der Waals surface area (Å²) in [4.78, 5) is 11.3. The lowest BCUT2D eigenvalue weighted by atomic mass is 9.96. The molecule has 6 nitrogen and oxygen atoms in total. The van der Waals surface area contributed by atoms with Crippen LogP contribution in [-0.4, -0.2) is 50.2 Å². The van der Waals surface area contributed by atoms with E-state index in [0.29, 0.717) is 19.5 Å². The van der Waals surface area contributed by atoms with Crippen molar-refractivity contribution in [2.24, 2.45) is 11.7 Å². The Morgan fingerprint density at radius 3 is 2.59 bits per heavy atom. The Morgan fingerprint density at radius 1 is 1.53 bits per heavy atom. The molecule has 17 heavy (non-hydrogen) atoms.